The Bertz CT molecular complexity index is 941. The van der Waals surface area contributed by atoms with Crippen molar-refractivity contribution in [3.05, 3.63) is 52.5 Å². The summed E-state index contributed by atoms with van der Waals surface area (Å²) in [5, 5.41) is 0.328. The highest BCUT2D eigenvalue weighted by atomic mass is 35.5. The van der Waals surface area contributed by atoms with Crippen molar-refractivity contribution in [2.45, 2.75) is 43.7 Å². The van der Waals surface area contributed by atoms with Crippen molar-refractivity contribution < 1.29 is 17.9 Å². The average molecular weight is 396 g/mol. The number of methoxy groups -OCH3 is 1. The van der Waals surface area contributed by atoms with Crippen molar-refractivity contribution in [3.8, 4) is 11.5 Å². The van der Waals surface area contributed by atoms with Gasteiger partial charge >= 0.3 is 0 Å². The molecule has 0 bridgehead atoms. The third-order valence-corrected chi connectivity index (χ3v) is 6.06. The molecular weight excluding hydrogens is 374 g/mol. The van der Waals surface area contributed by atoms with E-state index in [1.165, 1.54) is 13.2 Å². The van der Waals surface area contributed by atoms with E-state index in [2.05, 4.69) is 4.72 Å². The van der Waals surface area contributed by atoms with Crippen molar-refractivity contribution in [1.82, 2.24) is 4.72 Å². The maximum atomic E-state index is 13.0. The number of halogens is 1. The molecule has 0 aliphatic carbocycles. The Labute approximate surface area is 159 Å². The third-order valence-electron chi connectivity index (χ3n) is 4.34. The standard InChI is InChI=1S/C19H22ClNO4S/c1-12-5-7-16-14(9-12)15(11-19(2,3)25-16)21-26(22,23)18-10-13(20)6-8-17(18)24-4/h5-10,15,21H,11H2,1-4H3/t15-/m1/s1. The van der Waals surface area contributed by atoms with Gasteiger partial charge in [0.2, 0.25) is 10.0 Å². The second kappa shape index (κ2) is 6.76. The first-order valence-corrected chi connectivity index (χ1v) is 10.1. The first-order valence-electron chi connectivity index (χ1n) is 8.27. The van der Waals surface area contributed by atoms with Gasteiger partial charge in [-0.25, -0.2) is 13.1 Å². The molecule has 0 saturated carbocycles. The van der Waals surface area contributed by atoms with E-state index in [0.717, 1.165) is 11.1 Å². The van der Waals surface area contributed by atoms with Gasteiger partial charge in [-0.3, -0.25) is 0 Å². The molecular formula is C19H22ClNO4S. The second-order valence-electron chi connectivity index (χ2n) is 7.08. The zero-order valence-corrected chi connectivity index (χ0v) is 16.7. The van der Waals surface area contributed by atoms with Crippen molar-refractivity contribution in [1.29, 1.82) is 0 Å². The smallest absolute Gasteiger partial charge is 0.244 e. The summed E-state index contributed by atoms with van der Waals surface area (Å²) in [4.78, 5) is 0.0194. The molecule has 1 heterocycles. The highest BCUT2D eigenvalue weighted by Gasteiger charge is 2.36. The molecule has 0 radical (unpaired) electrons. The predicted octanol–water partition coefficient (Wildman–Crippen LogP) is 4.24. The van der Waals surface area contributed by atoms with Crippen LogP contribution in [-0.4, -0.2) is 21.1 Å². The largest absolute Gasteiger partial charge is 0.495 e. The molecule has 0 saturated heterocycles. The number of hydrogen-bond acceptors (Lipinski definition) is 4. The lowest BCUT2D eigenvalue weighted by Crippen LogP contribution is -2.41. The zero-order chi connectivity index (χ0) is 19.1. The summed E-state index contributed by atoms with van der Waals surface area (Å²) in [7, 11) is -2.42. The molecule has 2 aromatic rings. The van der Waals surface area contributed by atoms with Crippen LogP contribution in [0.15, 0.2) is 41.3 Å². The number of nitrogens with one attached hydrogen (secondary N) is 1. The maximum Gasteiger partial charge on any atom is 0.244 e. The summed E-state index contributed by atoms with van der Waals surface area (Å²) in [5.74, 6) is 0.940. The van der Waals surface area contributed by atoms with E-state index in [-0.39, 0.29) is 10.6 Å². The lowest BCUT2D eigenvalue weighted by Gasteiger charge is -2.38. The third kappa shape index (κ3) is 3.82. The molecule has 1 atom stereocenters. The summed E-state index contributed by atoms with van der Waals surface area (Å²) in [6.07, 6.45) is 0.506. The zero-order valence-electron chi connectivity index (χ0n) is 15.2. The fourth-order valence-electron chi connectivity index (χ4n) is 3.19. The van der Waals surface area contributed by atoms with Crippen LogP contribution in [0, 0.1) is 6.92 Å². The number of fused-ring (bicyclic) bond motifs is 1. The van der Waals surface area contributed by atoms with Gasteiger partial charge in [0.05, 0.1) is 13.2 Å². The van der Waals surface area contributed by atoms with Crippen molar-refractivity contribution in [2.75, 3.05) is 7.11 Å². The number of sulfonamides is 1. The van der Waals surface area contributed by atoms with E-state index in [9.17, 15) is 8.42 Å². The number of benzene rings is 2. The summed E-state index contributed by atoms with van der Waals surface area (Å²) < 4.78 is 40.1. The van der Waals surface area contributed by atoms with Gasteiger partial charge in [0.25, 0.3) is 0 Å². The van der Waals surface area contributed by atoms with Gasteiger partial charge in [-0.1, -0.05) is 29.3 Å². The van der Waals surface area contributed by atoms with Gasteiger partial charge in [0, 0.05) is 17.0 Å². The van der Waals surface area contributed by atoms with Crippen LogP contribution in [0.25, 0.3) is 0 Å². The summed E-state index contributed by atoms with van der Waals surface area (Å²) >= 11 is 6.00. The van der Waals surface area contributed by atoms with Crippen LogP contribution in [0.3, 0.4) is 0 Å². The fourth-order valence-corrected chi connectivity index (χ4v) is 4.84. The monoisotopic (exact) mass is 395 g/mol. The van der Waals surface area contributed by atoms with Gasteiger partial charge in [0.15, 0.2) is 0 Å². The Morgan fingerprint density at radius 2 is 1.96 bits per heavy atom. The molecule has 1 N–H and O–H groups in total. The van der Waals surface area contributed by atoms with Crippen molar-refractivity contribution >= 4 is 21.6 Å². The van der Waals surface area contributed by atoms with Crippen LogP contribution >= 0.6 is 11.6 Å². The van der Waals surface area contributed by atoms with E-state index in [1.54, 1.807) is 12.1 Å². The number of ether oxygens (including phenoxy) is 2. The summed E-state index contributed by atoms with van der Waals surface area (Å²) in [6.45, 7) is 5.85. The molecule has 3 rings (SSSR count). The van der Waals surface area contributed by atoms with Gasteiger partial charge in [0.1, 0.15) is 22.0 Å². The molecule has 0 amide bonds. The number of rotatable bonds is 4. The van der Waals surface area contributed by atoms with Gasteiger partial charge in [-0.05, 0) is 45.0 Å². The minimum atomic E-state index is -3.85. The first-order chi connectivity index (χ1) is 12.1. The second-order valence-corrected chi connectivity index (χ2v) is 9.20. The van der Waals surface area contributed by atoms with E-state index in [0.29, 0.717) is 17.2 Å². The molecule has 1 aliphatic rings. The molecule has 0 aromatic heterocycles. The van der Waals surface area contributed by atoms with Crippen LogP contribution in [0.5, 0.6) is 11.5 Å². The summed E-state index contributed by atoms with van der Waals surface area (Å²) in [6, 6.07) is 9.90. The van der Waals surface area contributed by atoms with Gasteiger partial charge in [-0.2, -0.15) is 0 Å². The Kier molecular flexibility index (Phi) is 4.94. The maximum absolute atomic E-state index is 13.0. The minimum Gasteiger partial charge on any atom is -0.495 e. The van der Waals surface area contributed by atoms with Crippen molar-refractivity contribution in [3.63, 3.8) is 0 Å². The molecule has 0 fully saturated rings. The quantitative estimate of drug-likeness (QED) is 0.840. The van der Waals surface area contributed by atoms with Crippen LogP contribution in [0.1, 0.15) is 37.4 Å². The molecule has 5 nitrogen and oxygen atoms in total. The Morgan fingerprint density at radius 3 is 2.65 bits per heavy atom. The number of hydrogen-bond donors (Lipinski definition) is 1. The summed E-state index contributed by atoms with van der Waals surface area (Å²) in [5.41, 5.74) is 1.37. The minimum absolute atomic E-state index is 0.0194. The van der Waals surface area contributed by atoms with E-state index < -0.39 is 21.7 Å². The lowest BCUT2D eigenvalue weighted by molar-refractivity contribution is 0.0701. The molecule has 7 heteroatoms. The highest BCUT2D eigenvalue weighted by molar-refractivity contribution is 7.89. The predicted molar refractivity (Wildman–Crippen MR) is 102 cm³/mol. The lowest BCUT2D eigenvalue weighted by atomic mass is 9.89. The normalized spacial score (nSPS) is 18.7. The van der Waals surface area contributed by atoms with E-state index >= 15 is 0 Å². The van der Waals surface area contributed by atoms with Gasteiger partial charge < -0.3 is 9.47 Å². The Hall–Kier alpha value is -1.76. The van der Waals surface area contributed by atoms with Crippen LogP contribution < -0.4 is 14.2 Å². The van der Waals surface area contributed by atoms with E-state index in [1.807, 2.05) is 39.0 Å². The topological polar surface area (TPSA) is 64.6 Å². The molecule has 140 valence electrons. The highest BCUT2D eigenvalue weighted by Crippen LogP contribution is 2.41. The SMILES string of the molecule is COc1ccc(Cl)cc1S(=O)(=O)N[C@@H]1CC(C)(C)Oc2ccc(C)cc21. The van der Waals surface area contributed by atoms with Crippen molar-refractivity contribution in [2.24, 2.45) is 0 Å². The number of aryl methyl sites for hydroxylation is 1. The van der Waals surface area contributed by atoms with Crippen LogP contribution in [0.4, 0.5) is 0 Å². The Balaban J connectivity index is 2.03. The molecule has 0 spiro atoms. The fraction of sp³-hybridized carbons (Fsp3) is 0.368. The molecule has 2 aromatic carbocycles. The first kappa shape index (κ1) is 19.0. The van der Waals surface area contributed by atoms with E-state index in [4.69, 9.17) is 21.1 Å². The Morgan fingerprint density at radius 1 is 1.23 bits per heavy atom. The molecule has 26 heavy (non-hydrogen) atoms. The van der Waals surface area contributed by atoms with Crippen LogP contribution in [-0.2, 0) is 10.0 Å². The van der Waals surface area contributed by atoms with Gasteiger partial charge in [-0.15, -0.1) is 0 Å². The average Bonchev–Trinajstić information content (AvgIpc) is 2.54. The molecule has 1 aliphatic heterocycles. The van der Waals surface area contributed by atoms with Crippen LogP contribution in [0.2, 0.25) is 5.02 Å². The molecule has 0 unspecified atom stereocenters.